The third-order valence-corrected chi connectivity index (χ3v) is 8.54. The molecule has 1 aliphatic rings. The maximum Gasteiger partial charge on any atom is 0.315 e. The van der Waals surface area contributed by atoms with E-state index in [1.807, 2.05) is 72.8 Å². The van der Waals surface area contributed by atoms with E-state index in [2.05, 4.69) is 45.0 Å². The van der Waals surface area contributed by atoms with Gasteiger partial charge in [0.15, 0.2) is 0 Å². The Bertz CT molecular complexity index is 1570. The first kappa shape index (κ1) is 31.1. The lowest BCUT2D eigenvalue weighted by atomic mass is 9.55. The van der Waals surface area contributed by atoms with Gasteiger partial charge in [-0.1, -0.05) is 69.3 Å². The van der Waals surface area contributed by atoms with Crippen LogP contribution < -0.4 is 14.2 Å². The summed E-state index contributed by atoms with van der Waals surface area (Å²) in [4.78, 5) is 24.1. The zero-order valence-corrected chi connectivity index (χ0v) is 26.4. The Balaban J connectivity index is 1.24. The molecule has 5 nitrogen and oxygen atoms in total. The highest BCUT2D eigenvalue weighted by atomic mass is 16.5. The summed E-state index contributed by atoms with van der Waals surface area (Å²) >= 11 is 0. The molecule has 0 heterocycles. The van der Waals surface area contributed by atoms with Crippen LogP contribution in [0.2, 0.25) is 0 Å². The minimum Gasteiger partial charge on any atom is -0.497 e. The molecular weight excluding hydrogens is 548 g/mol. The lowest BCUT2D eigenvalue weighted by Gasteiger charge is -2.48. The van der Waals surface area contributed by atoms with Crippen molar-refractivity contribution in [3.63, 3.8) is 0 Å². The molecule has 1 aliphatic carbocycles. The van der Waals surface area contributed by atoms with Gasteiger partial charge in [0, 0.05) is 11.8 Å². The van der Waals surface area contributed by atoms with Gasteiger partial charge in [0.05, 0.1) is 13.5 Å². The SMILES string of the molecule is COc1ccc(C2(c3ccc(OC(=O)Cc4ccc(Oc5ccc(CC(C)=O)cc5)cc4)cc3)CC(C)CC(C)(C)C2)cc1. The fourth-order valence-corrected chi connectivity index (χ4v) is 7.04. The zero-order valence-electron chi connectivity index (χ0n) is 26.4. The van der Waals surface area contributed by atoms with E-state index >= 15 is 0 Å². The van der Waals surface area contributed by atoms with E-state index in [4.69, 9.17) is 14.2 Å². The number of esters is 1. The number of rotatable bonds is 10. The Kier molecular flexibility index (Phi) is 9.24. The van der Waals surface area contributed by atoms with Gasteiger partial charge in [-0.15, -0.1) is 0 Å². The van der Waals surface area contributed by atoms with Crippen molar-refractivity contribution >= 4 is 11.8 Å². The standard InChI is InChI=1S/C39H42O5/c1-27-24-38(3,4)26-39(25-27,31-10-18-33(42-5)19-11-31)32-12-20-36(21-13-32)44-37(41)23-30-8-16-35(17-9-30)43-34-14-6-29(7-15-34)22-28(2)40/h6-21,27H,22-26H2,1-5H3. The van der Waals surface area contributed by atoms with Crippen molar-refractivity contribution in [1.82, 2.24) is 0 Å². The quantitative estimate of drug-likeness (QED) is 0.136. The summed E-state index contributed by atoms with van der Waals surface area (Å²) in [6.07, 6.45) is 3.87. The summed E-state index contributed by atoms with van der Waals surface area (Å²) in [5.74, 6) is 3.14. The van der Waals surface area contributed by atoms with Crippen molar-refractivity contribution in [1.29, 1.82) is 0 Å². The minimum absolute atomic E-state index is 0.126. The normalized spacial score (nSPS) is 19.2. The van der Waals surface area contributed by atoms with Crippen molar-refractivity contribution in [2.45, 2.75) is 65.2 Å². The molecule has 0 spiro atoms. The van der Waals surface area contributed by atoms with Gasteiger partial charge in [0.2, 0.25) is 0 Å². The molecule has 2 atom stereocenters. The summed E-state index contributed by atoms with van der Waals surface area (Å²) in [6, 6.07) is 31.5. The number of ether oxygens (including phenoxy) is 3. The van der Waals surface area contributed by atoms with Crippen molar-refractivity contribution in [2.75, 3.05) is 7.11 Å². The van der Waals surface area contributed by atoms with E-state index in [1.54, 1.807) is 14.0 Å². The number of hydrogen-bond donors (Lipinski definition) is 0. The highest BCUT2D eigenvalue weighted by Gasteiger charge is 2.45. The molecule has 1 saturated carbocycles. The van der Waals surface area contributed by atoms with Crippen LogP contribution in [0, 0.1) is 11.3 Å². The minimum atomic E-state index is -0.315. The second-order valence-corrected chi connectivity index (χ2v) is 13.1. The van der Waals surface area contributed by atoms with E-state index in [0.717, 1.165) is 29.7 Å². The molecule has 44 heavy (non-hydrogen) atoms. The van der Waals surface area contributed by atoms with Gasteiger partial charge in [-0.05, 0) is 108 Å². The Morgan fingerprint density at radius 2 is 1.16 bits per heavy atom. The molecular formula is C39H42O5. The second-order valence-electron chi connectivity index (χ2n) is 13.1. The maximum atomic E-state index is 12.8. The van der Waals surface area contributed by atoms with Crippen LogP contribution in [-0.4, -0.2) is 18.9 Å². The molecule has 0 aromatic heterocycles. The largest absolute Gasteiger partial charge is 0.497 e. The summed E-state index contributed by atoms with van der Waals surface area (Å²) < 4.78 is 17.1. The Morgan fingerprint density at radius 3 is 1.64 bits per heavy atom. The van der Waals surface area contributed by atoms with Crippen LogP contribution in [-0.2, 0) is 27.8 Å². The van der Waals surface area contributed by atoms with Gasteiger partial charge in [-0.25, -0.2) is 0 Å². The average molecular weight is 591 g/mol. The predicted octanol–water partition coefficient (Wildman–Crippen LogP) is 8.90. The molecule has 0 N–H and O–H groups in total. The van der Waals surface area contributed by atoms with Crippen molar-refractivity contribution in [3.05, 3.63) is 119 Å². The number of Topliss-reactive ketones (excluding diaryl/α,β-unsaturated/α-hetero) is 1. The average Bonchev–Trinajstić information content (AvgIpc) is 2.98. The highest BCUT2D eigenvalue weighted by molar-refractivity contribution is 5.78. The molecule has 228 valence electrons. The Morgan fingerprint density at radius 1 is 0.682 bits per heavy atom. The van der Waals surface area contributed by atoms with Crippen molar-refractivity contribution in [2.24, 2.45) is 11.3 Å². The van der Waals surface area contributed by atoms with Gasteiger partial charge >= 0.3 is 5.97 Å². The third kappa shape index (κ3) is 7.57. The summed E-state index contributed by atoms with van der Waals surface area (Å²) in [6.45, 7) is 8.66. The third-order valence-electron chi connectivity index (χ3n) is 8.54. The van der Waals surface area contributed by atoms with E-state index < -0.39 is 0 Å². The van der Waals surface area contributed by atoms with E-state index in [0.29, 0.717) is 29.6 Å². The first-order valence-corrected chi connectivity index (χ1v) is 15.3. The molecule has 1 fully saturated rings. The van der Waals surface area contributed by atoms with Crippen LogP contribution in [0.1, 0.15) is 69.2 Å². The van der Waals surface area contributed by atoms with Crippen molar-refractivity contribution in [3.8, 4) is 23.0 Å². The van der Waals surface area contributed by atoms with Gasteiger partial charge < -0.3 is 14.2 Å². The van der Waals surface area contributed by atoms with Crippen molar-refractivity contribution < 1.29 is 23.8 Å². The summed E-state index contributed by atoms with van der Waals surface area (Å²) in [7, 11) is 1.70. The fraction of sp³-hybridized carbons (Fsp3) is 0.333. The number of methoxy groups -OCH3 is 1. The van der Waals surface area contributed by atoms with Gasteiger partial charge in [0.25, 0.3) is 0 Å². The Hall–Kier alpha value is -4.38. The lowest BCUT2D eigenvalue weighted by Crippen LogP contribution is -2.41. The van der Waals surface area contributed by atoms with Crippen LogP contribution in [0.25, 0.3) is 0 Å². The highest BCUT2D eigenvalue weighted by Crippen LogP contribution is 2.53. The van der Waals surface area contributed by atoms with Crippen LogP contribution in [0.3, 0.4) is 0 Å². The van der Waals surface area contributed by atoms with Crippen LogP contribution in [0.5, 0.6) is 23.0 Å². The topological polar surface area (TPSA) is 61.8 Å². The zero-order chi connectivity index (χ0) is 31.3. The molecule has 0 amide bonds. The Labute approximate surface area is 261 Å². The predicted molar refractivity (Wildman–Crippen MR) is 174 cm³/mol. The molecule has 2 unspecified atom stereocenters. The molecule has 5 heteroatoms. The van der Waals surface area contributed by atoms with E-state index in [-0.39, 0.29) is 29.0 Å². The van der Waals surface area contributed by atoms with Gasteiger partial charge in [-0.2, -0.15) is 0 Å². The number of hydrogen-bond acceptors (Lipinski definition) is 5. The smallest absolute Gasteiger partial charge is 0.315 e. The summed E-state index contributed by atoms with van der Waals surface area (Å²) in [5, 5.41) is 0. The molecule has 0 radical (unpaired) electrons. The number of carbonyl (C=O) groups is 2. The van der Waals surface area contributed by atoms with Crippen LogP contribution in [0.15, 0.2) is 97.1 Å². The molecule has 0 saturated heterocycles. The number of ketones is 1. The van der Waals surface area contributed by atoms with Gasteiger partial charge in [0.1, 0.15) is 28.8 Å². The lowest BCUT2D eigenvalue weighted by molar-refractivity contribution is -0.133. The molecule has 5 rings (SSSR count). The first-order valence-electron chi connectivity index (χ1n) is 15.3. The van der Waals surface area contributed by atoms with E-state index in [1.165, 1.54) is 17.5 Å². The number of benzene rings is 4. The first-order chi connectivity index (χ1) is 21.0. The molecule has 4 aromatic carbocycles. The molecule has 4 aromatic rings. The fourth-order valence-electron chi connectivity index (χ4n) is 7.04. The maximum absolute atomic E-state index is 12.8. The second kappa shape index (κ2) is 13.1. The molecule has 0 bridgehead atoms. The monoisotopic (exact) mass is 590 g/mol. The summed E-state index contributed by atoms with van der Waals surface area (Å²) in [5.41, 5.74) is 4.40. The van der Waals surface area contributed by atoms with Gasteiger partial charge in [-0.3, -0.25) is 9.59 Å². The van der Waals surface area contributed by atoms with Crippen LogP contribution >= 0.6 is 0 Å². The van der Waals surface area contributed by atoms with E-state index in [9.17, 15) is 9.59 Å². The number of carbonyl (C=O) groups excluding carboxylic acids is 2. The van der Waals surface area contributed by atoms with Crippen LogP contribution in [0.4, 0.5) is 0 Å². The molecule has 0 aliphatic heterocycles.